The molecule has 3 heteroatoms. The van der Waals surface area contributed by atoms with E-state index in [0.717, 1.165) is 13.1 Å². The second-order valence-electron chi connectivity index (χ2n) is 5.99. The molecule has 1 aromatic rings. The van der Waals surface area contributed by atoms with Crippen molar-refractivity contribution >= 4 is 5.69 Å². The van der Waals surface area contributed by atoms with E-state index in [4.69, 9.17) is 0 Å². The summed E-state index contributed by atoms with van der Waals surface area (Å²) < 4.78 is 0. The zero-order valence-corrected chi connectivity index (χ0v) is 13.1. The molecule has 3 nitrogen and oxygen atoms in total. The van der Waals surface area contributed by atoms with Gasteiger partial charge in [-0.05, 0) is 69.6 Å². The van der Waals surface area contributed by atoms with Gasteiger partial charge in [0.25, 0.3) is 0 Å². The third-order valence-corrected chi connectivity index (χ3v) is 4.06. The molecule has 1 heterocycles. The fourth-order valence-electron chi connectivity index (χ4n) is 2.74. The van der Waals surface area contributed by atoms with Crippen LogP contribution in [0.1, 0.15) is 31.2 Å². The number of benzene rings is 1. The first kappa shape index (κ1) is 15.3. The molecule has 112 valence electrons. The molecule has 0 bridgehead atoms. The van der Waals surface area contributed by atoms with E-state index in [9.17, 15) is 0 Å². The van der Waals surface area contributed by atoms with E-state index in [0.29, 0.717) is 0 Å². The van der Waals surface area contributed by atoms with Gasteiger partial charge in [-0.25, -0.2) is 0 Å². The highest BCUT2D eigenvalue weighted by Crippen LogP contribution is 2.12. The Morgan fingerprint density at radius 1 is 1.05 bits per heavy atom. The van der Waals surface area contributed by atoms with Crippen molar-refractivity contribution in [2.45, 2.75) is 32.2 Å². The number of nitrogens with zero attached hydrogens (tertiary/aromatic N) is 2. The van der Waals surface area contributed by atoms with Gasteiger partial charge in [-0.1, -0.05) is 12.1 Å². The Balaban J connectivity index is 1.54. The Kier molecular flexibility index (Phi) is 6.34. The Morgan fingerprint density at radius 2 is 1.75 bits per heavy atom. The molecule has 0 aromatic heterocycles. The summed E-state index contributed by atoms with van der Waals surface area (Å²) in [7, 11) is 4.15. The highest BCUT2D eigenvalue weighted by atomic mass is 15.1. The lowest BCUT2D eigenvalue weighted by atomic mass is 10.2. The fourth-order valence-corrected chi connectivity index (χ4v) is 2.74. The summed E-state index contributed by atoms with van der Waals surface area (Å²) >= 11 is 0. The molecule has 1 aliphatic rings. The van der Waals surface area contributed by atoms with Gasteiger partial charge in [-0.2, -0.15) is 0 Å². The average molecular weight is 275 g/mol. The van der Waals surface area contributed by atoms with Crippen molar-refractivity contribution in [1.29, 1.82) is 0 Å². The normalized spacial score (nSPS) is 15.7. The first-order valence-electron chi connectivity index (χ1n) is 7.95. The summed E-state index contributed by atoms with van der Waals surface area (Å²) in [5.41, 5.74) is 2.63. The number of hydrogen-bond acceptors (Lipinski definition) is 3. The third kappa shape index (κ3) is 5.14. The van der Waals surface area contributed by atoms with Gasteiger partial charge < -0.3 is 15.1 Å². The van der Waals surface area contributed by atoms with Gasteiger partial charge in [0.2, 0.25) is 0 Å². The van der Waals surface area contributed by atoms with Crippen LogP contribution < -0.4 is 10.2 Å². The summed E-state index contributed by atoms with van der Waals surface area (Å²) in [5.74, 6) is 0. The Morgan fingerprint density at radius 3 is 2.40 bits per heavy atom. The molecule has 1 saturated heterocycles. The van der Waals surface area contributed by atoms with Gasteiger partial charge in [0, 0.05) is 26.3 Å². The highest BCUT2D eigenvalue weighted by Gasteiger charge is 2.09. The van der Waals surface area contributed by atoms with Crippen LogP contribution in [-0.4, -0.2) is 45.2 Å². The number of unbranched alkanes of at least 4 members (excludes halogenated alkanes) is 1. The highest BCUT2D eigenvalue weighted by molar-refractivity contribution is 5.45. The van der Waals surface area contributed by atoms with E-state index >= 15 is 0 Å². The van der Waals surface area contributed by atoms with Gasteiger partial charge >= 0.3 is 0 Å². The van der Waals surface area contributed by atoms with E-state index in [1.54, 1.807) is 0 Å². The van der Waals surface area contributed by atoms with Gasteiger partial charge in [0.15, 0.2) is 0 Å². The molecule has 0 spiro atoms. The molecule has 20 heavy (non-hydrogen) atoms. The van der Waals surface area contributed by atoms with Crippen LogP contribution in [0.2, 0.25) is 0 Å². The second kappa shape index (κ2) is 8.28. The molecule has 0 aliphatic carbocycles. The monoisotopic (exact) mass is 275 g/mol. The maximum absolute atomic E-state index is 3.54. The molecule has 1 aliphatic heterocycles. The fraction of sp³-hybridized carbons (Fsp3) is 0.647. The van der Waals surface area contributed by atoms with Crippen LogP contribution in [0.5, 0.6) is 0 Å². The average Bonchev–Trinajstić information content (AvgIpc) is 2.96. The smallest absolute Gasteiger partial charge is 0.0361 e. The van der Waals surface area contributed by atoms with Gasteiger partial charge in [0.1, 0.15) is 0 Å². The van der Waals surface area contributed by atoms with E-state index < -0.39 is 0 Å². The number of likely N-dealkylation sites (tertiary alicyclic amines) is 1. The molecule has 2 rings (SSSR count). The van der Waals surface area contributed by atoms with Crippen molar-refractivity contribution in [2.75, 3.05) is 45.2 Å². The van der Waals surface area contributed by atoms with Gasteiger partial charge in [-0.15, -0.1) is 0 Å². The molecule has 0 unspecified atom stereocenters. The van der Waals surface area contributed by atoms with Gasteiger partial charge in [-0.3, -0.25) is 0 Å². The summed E-state index contributed by atoms with van der Waals surface area (Å²) in [6.07, 6.45) is 5.42. The minimum atomic E-state index is 0.984. The van der Waals surface area contributed by atoms with E-state index in [-0.39, 0.29) is 0 Å². The van der Waals surface area contributed by atoms with Crippen molar-refractivity contribution in [3.63, 3.8) is 0 Å². The maximum Gasteiger partial charge on any atom is 0.0361 e. The summed E-state index contributed by atoms with van der Waals surface area (Å²) in [4.78, 5) is 4.73. The van der Waals surface area contributed by atoms with Gasteiger partial charge in [0.05, 0.1) is 0 Å². The lowest BCUT2D eigenvalue weighted by molar-refractivity contribution is 0.329. The number of nitrogens with one attached hydrogen (secondary N) is 1. The zero-order valence-electron chi connectivity index (χ0n) is 13.1. The van der Waals surface area contributed by atoms with E-state index in [1.165, 1.54) is 56.6 Å². The van der Waals surface area contributed by atoms with Crippen molar-refractivity contribution in [1.82, 2.24) is 10.2 Å². The van der Waals surface area contributed by atoms with Crippen LogP contribution in [0.4, 0.5) is 5.69 Å². The minimum absolute atomic E-state index is 0.984. The molecular formula is C17H29N3. The predicted molar refractivity (Wildman–Crippen MR) is 87.4 cm³/mol. The topological polar surface area (TPSA) is 18.5 Å². The largest absolute Gasteiger partial charge is 0.378 e. The van der Waals surface area contributed by atoms with Crippen LogP contribution in [-0.2, 0) is 6.54 Å². The number of hydrogen-bond donors (Lipinski definition) is 1. The van der Waals surface area contributed by atoms with Crippen LogP contribution in [0.3, 0.4) is 0 Å². The number of rotatable bonds is 8. The van der Waals surface area contributed by atoms with E-state index in [1.807, 2.05) is 0 Å². The first-order valence-corrected chi connectivity index (χ1v) is 7.95. The predicted octanol–water partition coefficient (Wildman–Crippen LogP) is 2.72. The molecule has 0 saturated carbocycles. The van der Waals surface area contributed by atoms with Crippen molar-refractivity contribution < 1.29 is 0 Å². The SMILES string of the molecule is CN(C)c1ccc(CNCCCCN2CCCC2)cc1. The first-order chi connectivity index (χ1) is 9.75. The summed E-state index contributed by atoms with van der Waals surface area (Å²) in [5, 5.41) is 3.54. The summed E-state index contributed by atoms with van der Waals surface area (Å²) in [6.45, 7) is 6.05. The van der Waals surface area contributed by atoms with Crippen LogP contribution >= 0.6 is 0 Å². The third-order valence-electron chi connectivity index (χ3n) is 4.06. The van der Waals surface area contributed by atoms with Crippen molar-refractivity contribution in [3.8, 4) is 0 Å². The van der Waals surface area contributed by atoms with E-state index in [2.05, 4.69) is 53.5 Å². The molecule has 0 radical (unpaired) electrons. The standard InChI is InChI=1S/C17H29N3/c1-19(2)17-9-7-16(8-10-17)15-18-11-3-4-12-20-13-5-6-14-20/h7-10,18H,3-6,11-15H2,1-2H3. The Hall–Kier alpha value is -1.06. The molecular weight excluding hydrogens is 246 g/mol. The van der Waals surface area contributed by atoms with Crippen molar-refractivity contribution in [3.05, 3.63) is 29.8 Å². The molecule has 0 amide bonds. The lowest BCUT2D eigenvalue weighted by Gasteiger charge is -2.14. The number of anilines is 1. The Bertz CT molecular complexity index is 366. The lowest BCUT2D eigenvalue weighted by Crippen LogP contribution is -2.22. The van der Waals surface area contributed by atoms with Crippen LogP contribution in [0.15, 0.2) is 24.3 Å². The molecule has 1 fully saturated rings. The minimum Gasteiger partial charge on any atom is -0.378 e. The quantitative estimate of drug-likeness (QED) is 0.736. The summed E-state index contributed by atoms with van der Waals surface area (Å²) in [6, 6.07) is 8.80. The maximum atomic E-state index is 3.54. The molecule has 1 aromatic carbocycles. The molecule has 1 N–H and O–H groups in total. The zero-order chi connectivity index (χ0) is 14.2. The Labute approximate surface area is 124 Å². The van der Waals surface area contributed by atoms with Crippen LogP contribution in [0, 0.1) is 0 Å². The molecule has 0 atom stereocenters. The second-order valence-corrected chi connectivity index (χ2v) is 5.99. The van der Waals surface area contributed by atoms with Crippen LogP contribution in [0.25, 0.3) is 0 Å². The van der Waals surface area contributed by atoms with Crippen molar-refractivity contribution in [2.24, 2.45) is 0 Å².